The van der Waals surface area contributed by atoms with Crippen molar-refractivity contribution in [3.05, 3.63) is 95.6 Å². The first kappa shape index (κ1) is 21.4. The number of hydrogen-bond acceptors (Lipinski definition) is 3. The lowest BCUT2D eigenvalue weighted by Gasteiger charge is -2.25. The molecule has 0 aliphatic carbocycles. The third-order valence-corrected chi connectivity index (χ3v) is 6.54. The van der Waals surface area contributed by atoms with Crippen LogP contribution >= 0.6 is 0 Å². The Morgan fingerprint density at radius 2 is 1.61 bits per heavy atom. The molecule has 0 amide bonds. The number of aliphatic imine (C=N–C) groups is 1. The number of para-hydroxylation sites is 1. The summed E-state index contributed by atoms with van der Waals surface area (Å²) < 4.78 is 0. The number of pyridine rings is 1. The van der Waals surface area contributed by atoms with E-state index in [0.29, 0.717) is 0 Å². The number of benzene rings is 3. The smallest absolute Gasteiger partial charge is 0.136 e. The number of amidine groups is 1. The summed E-state index contributed by atoms with van der Waals surface area (Å²) >= 11 is 0. The van der Waals surface area contributed by atoms with Crippen molar-refractivity contribution in [3.63, 3.8) is 0 Å². The number of anilines is 1. The van der Waals surface area contributed by atoms with Crippen LogP contribution in [0.15, 0.2) is 83.9 Å². The Hall–Kier alpha value is -3.46. The first-order valence-electron chi connectivity index (χ1n) is 12.2. The number of rotatable bonds is 7. The maximum absolute atomic E-state index is 5.18. The number of aryl methyl sites for hydroxylation is 1. The Bertz CT molecular complexity index is 1270. The highest BCUT2D eigenvalue weighted by molar-refractivity contribution is 6.19. The molecule has 0 unspecified atom stereocenters. The zero-order valence-corrected chi connectivity index (χ0v) is 19.6. The van der Waals surface area contributed by atoms with Crippen LogP contribution in [-0.4, -0.2) is 23.9 Å². The van der Waals surface area contributed by atoms with Crippen LogP contribution in [0.3, 0.4) is 0 Å². The van der Waals surface area contributed by atoms with Gasteiger partial charge in [0.25, 0.3) is 0 Å². The van der Waals surface area contributed by atoms with E-state index in [4.69, 9.17) is 9.98 Å². The topological polar surface area (TPSA) is 28.5 Å². The van der Waals surface area contributed by atoms with E-state index in [1.807, 2.05) is 0 Å². The van der Waals surface area contributed by atoms with Crippen molar-refractivity contribution >= 4 is 22.4 Å². The van der Waals surface area contributed by atoms with E-state index in [-0.39, 0.29) is 0 Å². The molecule has 0 saturated carbocycles. The summed E-state index contributed by atoms with van der Waals surface area (Å²) in [5, 5.41) is 1.19. The standard InChI is InChI=1S/C30H31N3/c1-3-5-13-26-28(30-31-20-21-33(30)24-18-16-22(4-2)17-19-24)25-14-9-10-15-27(25)32-29(26)23-11-7-6-8-12-23/h6-12,14-19H,3-5,13,20-21H2,1-2H3. The van der Waals surface area contributed by atoms with Crippen molar-refractivity contribution in [1.82, 2.24) is 4.98 Å². The monoisotopic (exact) mass is 433 g/mol. The molecule has 0 fully saturated rings. The summed E-state index contributed by atoms with van der Waals surface area (Å²) in [5.41, 5.74) is 8.44. The molecule has 0 radical (unpaired) electrons. The Morgan fingerprint density at radius 1 is 0.848 bits per heavy atom. The van der Waals surface area contributed by atoms with Gasteiger partial charge in [-0.2, -0.15) is 0 Å². The van der Waals surface area contributed by atoms with E-state index < -0.39 is 0 Å². The zero-order chi connectivity index (χ0) is 22.6. The van der Waals surface area contributed by atoms with Gasteiger partial charge in [0.1, 0.15) is 5.84 Å². The van der Waals surface area contributed by atoms with Crippen LogP contribution < -0.4 is 4.90 Å². The largest absolute Gasteiger partial charge is 0.324 e. The third-order valence-electron chi connectivity index (χ3n) is 6.54. The van der Waals surface area contributed by atoms with Gasteiger partial charge in [0.15, 0.2) is 0 Å². The number of unbranched alkanes of at least 4 members (excludes halogenated alkanes) is 1. The highest BCUT2D eigenvalue weighted by Gasteiger charge is 2.27. The van der Waals surface area contributed by atoms with Crippen molar-refractivity contribution in [2.45, 2.75) is 39.5 Å². The van der Waals surface area contributed by atoms with Gasteiger partial charge in [0.05, 0.1) is 17.8 Å². The van der Waals surface area contributed by atoms with Crippen molar-refractivity contribution in [3.8, 4) is 11.3 Å². The fraction of sp³-hybridized carbons (Fsp3) is 0.267. The second-order valence-corrected chi connectivity index (χ2v) is 8.68. The van der Waals surface area contributed by atoms with Crippen LogP contribution in [0.25, 0.3) is 22.2 Å². The third kappa shape index (κ3) is 4.16. The molecule has 3 nitrogen and oxygen atoms in total. The van der Waals surface area contributed by atoms with E-state index in [2.05, 4.69) is 97.6 Å². The quantitative estimate of drug-likeness (QED) is 0.312. The summed E-state index contributed by atoms with van der Waals surface area (Å²) in [5.74, 6) is 1.08. The maximum atomic E-state index is 5.18. The van der Waals surface area contributed by atoms with Gasteiger partial charge >= 0.3 is 0 Å². The summed E-state index contributed by atoms with van der Waals surface area (Å²) in [6.45, 7) is 6.18. The molecule has 0 spiro atoms. The molecule has 0 N–H and O–H groups in total. The van der Waals surface area contributed by atoms with Gasteiger partial charge in [-0.05, 0) is 48.6 Å². The molecule has 33 heavy (non-hydrogen) atoms. The first-order chi connectivity index (χ1) is 16.3. The molecule has 4 aromatic rings. The van der Waals surface area contributed by atoms with Crippen LogP contribution in [0, 0.1) is 0 Å². The Labute approximate surface area is 196 Å². The van der Waals surface area contributed by atoms with Crippen LogP contribution in [0.5, 0.6) is 0 Å². The van der Waals surface area contributed by atoms with Gasteiger partial charge < -0.3 is 4.90 Å². The van der Waals surface area contributed by atoms with Crippen molar-refractivity contribution in [2.75, 3.05) is 18.0 Å². The van der Waals surface area contributed by atoms with Crippen LogP contribution in [0.1, 0.15) is 43.4 Å². The van der Waals surface area contributed by atoms with E-state index in [0.717, 1.165) is 55.8 Å². The molecule has 5 rings (SSSR count). The summed E-state index contributed by atoms with van der Waals surface area (Å²) in [4.78, 5) is 12.6. The lowest BCUT2D eigenvalue weighted by atomic mass is 9.92. The Morgan fingerprint density at radius 3 is 2.36 bits per heavy atom. The fourth-order valence-electron chi connectivity index (χ4n) is 4.76. The predicted octanol–water partition coefficient (Wildman–Crippen LogP) is 7.07. The van der Waals surface area contributed by atoms with Gasteiger partial charge in [0.2, 0.25) is 0 Å². The zero-order valence-electron chi connectivity index (χ0n) is 19.6. The SMILES string of the molecule is CCCCc1c(-c2ccccc2)nc2ccccc2c1C1=NCCN1c1ccc(CC)cc1. The molecule has 166 valence electrons. The minimum absolute atomic E-state index is 0.815. The maximum Gasteiger partial charge on any atom is 0.136 e. The summed E-state index contributed by atoms with van der Waals surface area (Å²) in [6.07, 6.45) is 4.33. The first-order valence-corrected chi connectivity index (χ1v) is 12.2. The minimum Gasteiger partial charge on any atom is -0.324 e. The van der Waals surface area contributed by atoms with Gasteiger partial charge in [-0.1, -0.05) is 80.9 Å². The predicted molar refractivity (Wildman–Crippen MR) is 140 cm³/mol. The Kier molecular flexibility index (Phi) is 6.21. The Balaban J connectivity index is 1.73. The molecule has 3 heteroatoms. The number of nitrogens with zero attached hydrogens (tertiary/aromatic N) is 3. The average molecular weight is 434 g/mol. The lowest BCUT2D eigenvalue weighted by Crippen LogP contribution is -2.29. The highest BCUT2D eigenvalue weighted by atomic mass is 15.2. The van der Waals surface area contributed by atoms with E-state index in [1.165, 1.54) is 33.3 Å². The van der Waals surface area contributed by atoms with Gasteiger partial charge in [-0.3, -0.25) is 4.99 Å². The molecule has 3 aromatic carbocycles. The molecule has 1 aromatic heterocycles. The van der Waals surface area contributed by atoms with Crippen LogP contribution in [-0.2, 0) is 12.8 Å². The van der Waals surface area contributed by atoms with Gasteiger partial charge in [0, 0.05) is 28.7 Å². The summed E-state index contributed by atoms with van der Waals surface area (Å²) in [6, 6.07) is 28.1. The molecular formula is C30H31N3. The molecular weight excluding hydrogens is 402 g/mol. The van der Waals surface area contributed by atoms with Crippen LogP contribution in [0.2, 0.25) is 0 Å². The van der Waals surface area contributed by atoms with E-state index in [1.54, 1.807) is 0 Å². The van der Waals surface area contributed by atoms with Crippen molar-refractivity contribution in [2.24, 2.45) is 4.99 Å². The van der Waals surface area contributed by atoms with Crippen LogP contribution in [0.4, 0.5) is 5.69 Å². The molecule has 1 aliphatic heterocycles. The van der Waals surface area contributed by atoms with E-state index in [9.17, 15) is 0 Å². The molecule has 1 aliphatic rings. The second kappa shape index (κ2) is 9.58. The highest BCUT2D eigenvalue weighted by Crippen LogP contribution is 2.34. The molecule has 0 atom stereocenters. The normalized spacial score (nSPS) is 13.5. The van der Waals surface area contributed by atoms with Gasteiger partial charge in [-0.15, -0.1) is 0 Å². The molecule has 0 saturated heterocycles. The average Bonchev–Trinajstić information content (AvgIpc) is 3.36. The van der Waals surface area contributed by atoms with Gasteiger partial charge in [-0.25, -0.2) is 4.98 Å². The number of fused-ring (bicyclic) bond motifs is 1. The lowest BCUT2D eigenvalue weighted by molar-refractivity contribution is 0.793. The van der Waals surface area contributed by atoms with E-state index >= 15 is 0 Å². The molecule has 0 bridgehead atoms. The number of hydrogen-bond donors (Lipinski definition) is 0. The van der Waals surface area contributed by atoms with Crippen molar-refractivity contribution < 1.29 is 0 Å². The molecule has 2 heterocycles. The van der Waals surface area contributed by atoms with Crippen molar-refractivity contribution in [1.29, 1.82) is 0 Å². The number of aromatic nitrogens is 1. The fourth-order valence-corrected chi connectivity index (χ4v) is 4.76. The minimum atomic E-state index is 0.815. The summed E-state index contributed by atoms with van der Waals surface area (Å²) in [7, 11) is 0. The second-order valence-electron chi connectivity index (χ2n) is 8.68.